The summed E-state index contributed by atoms with van der Waals surface area (Å²) in [6.45, 7) is 14.2. The molecule has 0 saturated carbocycles. The summed E-state index contributed by atoms with van der Waals surface area (Å²) >= 11 is 0. The predicted octanol–water partition coefficient (Wildman–Crippen LogP) is 18.2. The molecule has 326 valence electrons. The maximum atomic E-state index is 2.50. The predicted molar refractivity (Wildman–Crippen MR) is 288 cm³/mol. The highest BCUT2D eigenvalue weighted by Crippen LogP contribution is 2.54. The molecular formula is C67H53N. The third-order valence-electron chi connectivity index (χ3n) is 16.1. The number of anilines is 3. The second kappa shape index (κ2) is 14.6. The van der Waals surface area contributed by atoms with Crippen LogP contribution in [0.3, 0.4) is 0 Å². The summed E-state index contributed by atoms with van der Waals surface area (Å²) in [5.41, 5.74) is 26.8. The maximum absolute atomic E-state index is 2.50. The molecule has 0 aromatic heterocycles. The van der Waals surface area contributed by atoms with Gasteiger partial charge in [0, 0.05) is 33.2 Å². The summed E-state index contributed by atoms with van der Waals surface area (Å²) in [4.78, 5) is 2.50. The van der Waals surface area contributed by atoms with Crippen LogP contribution in [-0.2, 0) is 16.2 Å². The number of fused-ring (bicyclic) bond motifs is 10. The summed E-state index contributed by atoms with van der Waals surface area (Å²) in [5, 5.41) is 2.50. The molecule has 0 bridgehead atoms. The van der Waals surface area contributed by atoms with Gasteiger partial charge in [-0.25, -0.2) is 0 Å². The topological polar surface area (TPSA) is 3.24 Å². The van der Waals surface area contributed by atoms with Crippen molar-refractivity contribution in [3.05, 3.63) is 246 Å². The molecule has 10 aromatic rings. The highest BCUT2D eigenvalue weighted by Gasteiger charge is 2.38. The fourth-order valence-electron chi connectivity index (χ4n) is 12.5. The van der Waals surface area contributed by atoms with Crippen LogP contribution in [0.15, 0.2) is 212 Å². The fraction of sp³-hybridized carbons (Fsp3) is 0.134. The van der Waals surface area contributed by atoms with E-state index in [4.69, 9.17) is 0 Å². The Morgan fingerprint density at radius 2 is 0.647 bits per heavy atom. The van der Waals surface area contributed by atoms with Crippen molar-refractivity contribution in [2.24, 2.45) is 0 Å². The average molecular weight is 872 g/mol. The zero-order valence-corrected chi connectivity index (χ0v) is 39.7. The van der Waals surface area contributed by atoms with Gasteiger partial charge in [0.25, 0.3) is 0 Å². The average Bonchev–Trinajstić information content (AvgIpc) is 3.85. The van der Waals surface area contributed by atoms with Gasteiger partial charge in [-0.2, -0.15) is 0 Å². The molecule has 13 rings (SSSR count). The third-order valence-corrected chi connectivity index (χ3v) is 16.1. The summed E-state index contributed by atoms with van der Waals surface area (Å²) in [7, 11) is 0. The molecule has 0 unspecified atom stereocenters. The fourth-order valence-corrected chi connectivity index (χ4v) is 12.5. The van der Waals surface area contributed by atoms with Crippen molar-refractivity contribution < 1.29 is 0 Å². The SMILES string of the molecule is CC1(C)c2ccccc2-c2cc(N(c3cccc(-c4ccc(-c5ccc6c(c5)C(C)(C)c5ccccc5-6)c5ccccc45)c3)c3ccccc3-c3ccc4c(c3)C(C)(C)c3ccccc3-4)ccc21. The van der Waals surface area contributed by atoms with E-state index in [9.17, 15) is 0 Å². The summed E-state index contributed by atoms with van der Waals surface area (Å²) < 4.78 is 0. The van der Waals surface area contributed by atoms with E-state index in [1.165, 1.54) is 111 Å². The largest absolute Gasteiger partial charge is 0.310 e. The zero-order valence-electron chi connectivity index (χ0n) is 39.7. The molecule has 0 N–H and O–H groups in total. The second-order valence-corrected chi connectivity index (χ2v) is 20.9. The third kappa shape index (κ3) is 5.81. The Morgan fingerprint density at radius 1 is 0.250 bits per heavy atom. The van der Waals surface area contributed by atoms with Crippen molar-refractivity contribution in [1.29, 1.82) is 0 Å². The van der Waals surface area contributed by atoms with Crippen molar-refractivity contribution >= 4 is 27.8 Å². The lowest BCUT2D eigenvalue weighted by Gasteiger charge is -2.30. The molecule has 0 saturated heterocycles. The molecule has 68 heavy (non-hydrogen) atoms. The van der Waals surface area contributed by atoms with Crippen molar-refractivity contribution in [1.82, 2.24) is 0 Å². The molecule has 1 nitrogen and oxygen atoms in total. The molecule has 10 aromatic carbocycles. The standard InChI is InChI=1S/C67H53N/c1-65(2)60-28-15-11-25-54(60)57-41-46(32-37-61(57)65)68(64-29-16-12-20-49(64)44-31-34-56-53-24-10-14-27-59(53)67(5,6)63(56)40-44)45-19-17-18-42(38-45)47-35-36-48(51-22-8-7-21-50(47)51)43-30-33-55-52-23-9-13-26-58(52)66(3,4)62(55)39-43/h7-41H,1-6H3. The minimum atomic E-state index is -0.105. The van der Waals surface area contributed by atoms with E-state index in [0.717, 1.165) is 17.1 Å². The molecule has 0 atom stereocenters. The molecule has 3 aliphatic rings. The Kier molecular flexibility index (Phi) is 8.72. The second-order valence-electron chi connectivity index (χ2n) is 20.9. The first-order valence-corrected chi connectivity index (χ1v) is 24.3. The van der Waals surface area contributed by atoms with Crippen LogP contribution in [0.2, 0.25) is 0 Å². The number of para-hydroxylation sites is 1. The van der Waals surface area contributed by atoms with E-state index in [2.05, 4.69) is 259 Å². The summed E-state index contributed by atoms with van der Waals surface area (Å²) in [6.07, 6.45) is 0. The molecule has 0 amide bonds. The lowest BCUT2D eigenvalue weighted by molar-refractivity contribution is 0.660. The smallest absolute Gasteiger partial charge is 0.0540 e. The van der Waals surface area contributed by atoms with Gasteiger partial charge in [-0.3, -0.25) is 0 Å². The lowest BCUT2D eigenvalue weighted by Crippen LogP contribution is -2.16. The first kappa shape index (κ1) is 40.5. The lowest BCUT2D eigenvalue weighted by atomic mass is 9.81. The molecule has 0 heterocycles. The first-order valence-electron chi connectivity index (χ1n) is 24.3. The monoisotopic (exact) mass is 871 g/mol. The first-order chi connectivity index (χ1) is 33.0. The highest BCUT2D eigenvalue weighted by molar-refractivity contribution is 6.06. The van der Waals surface area contributed by atoms with Crippen molar-refractivity contribution in [3.8, 4) is 66.8 Å². The van der Waals surface area contributed by atoms with E-state index in [1.807, 2.05) is 0 Å². The van der Waals surface area contributed by atoms with Crippen molar-refractivity contribution in [2.75, 3.05) is 4.90 Å². The van der Waals surface area contributed by atoms with Gasteiger partial charge in [-0.05, 0) is 148 Å². The van der Waals surface area contributed by atoms with Crippen LogP contribution < -0.4 is 4.90 Å². The summed E-state index contributed by atoms with van der Waals surface area (Å²) in [5.74, 6) is 0. The van der Waals surface area contributed by atoms with Gasteiger partial charge in [-0.1, -0.05) is 211 Å². The Bertz CT molecular complexity index is 3730. The van der Waals surface area contributed by atoms with E-state index in [0.29, 0.717) is 0 Å². The van der Waals surface area contributed by atoms with E-state index in [1.54, 1.807) is 0 Å². The van der Waals surface area contributed by atoms with E-state index in [-0.39, 0.29) is 16.2 Å². The Balaban J connectivity index is 0.968. The number of nitrogens with zero attached hydrogens (tertiary/aromatic N) is 1. The van der Waals surface area contributed by atoms with Crippen LogP contribution >= 0.6 is 0 Å². The molecule has 0 radical (unpaired) electrons. The zero-order chi connectivity index (χ0) is 46.1. The maximum Gasteiger partial charge on any atom is 0.0540 e. The van der Waals surface area contributed by atoms with Crippen LogP contribution in [0.5, 0.6) is 0 Å². The Hall–Kier alpha value is -7.74. The van der Waals surface area contributed by atoms with Crippen molar-refractivity contribution in [3.63, 3.8) is 0 Å². The van der Waals surface area contributed by atoms with Gasteiger partial charge in [0.15, 0.2) is 0 Å². The van der Waals surface area contributed by atoms with Crippen LogP contribution in [0.1, 0.15) is 74.9 Å². The quantitative estimate of drug-likeness (QED) is 0.161. The number of hydrogen-bond donors (Lipinski definition) is 0. The number of hydrogen-bond acceptors (Lipinski definition) is 1. The van der Waals surface area contributed by atoms with Gasteiger partial charge >= 0.3 is 0 Å². The molecule has 3 aliphatic carbocycles. The normalized spacial score (nSPS) is 15.0. The van der Waals surface area contributed by atoms with Crippen LogP contribution in [0.25, 0.3) is 77.5 Å². The molecule has 1 heteroatoms. The Labute approximate surface area is 401 Å². The minimum absolute atomic E-state index is 0.0655. The number of benzene rings is 10. The van der Waals surface area contributed by atoms with Crippen LogP contribution in [0.4, 0.5) is 17.1 Å². The summed E-state index contributed by atoms with van der Waals surface area (Å²) in [6, 6.07) is 80.1. The van der Waals surface area contributed by atoms with Crippen molar-refractivity contribution in [2.45, 2.75) is 57.8 Å². The van der Waals surface area contributed by atoms with Crippen LogP contribution in [-0.4, -0.2) is 0 Å². The van der Waals surface area contributed by atoms with Gasteiger partial charge in [0.1, 0.15) is 0 Å². The minimum Gasteiger partial charge on any atom is -0.310 e. The van der Waals surface area contributed by atoms with Crippen LogP contribution in [0, 0.1) is 0 Å². The number of rotatable bonds is 6. The van der Waals surface area contributed by atoms with E-state index >= 15 is 0 Å². The molecule has 0 aliphatic heterocycles. The van der Waals surface area contributed by atoms with Gasteiger partial charge in [0.2, 0.25) is 0 Å². The van der Waals surface area contributed by atoms with E-state index < -0.39 is 0 Å². The molecule has 0 spiro atoms. The molecule has 0 fully saturated rings. The van der Waals surface area contributed by atoms with Gasteiger partial charge in [0.05, 0.1) is 5.69 Å². The highest BCUT2D eigenvalue weighted by atomic mass is 15.1. The Morgan fingerprint density at radius 3 is 1.22 bits per heavy atom. The van der Waals surface area contributed by atoms with Gasteiger partial charge < -0.3 is 4.90 Å². The molecular weight excluding hydrogens is 819 g/mol. The van der Waals surface area contributed by atoms with Gasteiger partial charge in [-0.15, -0.1) is 0 Å².